The zero-order valence-electron chi connectivity index (χ0n) is 13.5. The van der Waals surface area contributed by atoms with E-state index in [1.165, 1.54) is 12.1 Å². The van der Waals surface area contributed by atoms with Gasteiger partial charge in [0.2, 0.25) is 0 Å². The minimum absolute atomic E-state index is 0.0778. The lowest BCUT2D eigenvalue weighted by atomic mass is 10.1. The van der Waals surface area contributed by atoms with Crippen molar-refractivity contribution in [3.05, 3.63) is 35.4 Å². The standard InChI is InChI=1S/C16H24F3N3O/c1-3-20-15(22-10-12(2)11-23)21-9-8-13-4-6-14(7-5-13)16(17,18)19/h4-7,12,23H,3,8-11H2,1-2H3,(H2,20,21,22). The maximum absolute atomic E-state index is 12.5. The fourth-order valence-electron chi connectivity index (χ4n) is 1.83. The zero-order valence-corrected chi connectivity index (χ0v) is 13.5. The summed E-state index contributed by atoms with van der Waals surface area (Å²) in [6, 6.07) is 5.17. The Morgan fingerprint density at radius 2 is 1.87 bits per heavy atom. The molecule has 0 aliphatic carbocycles. The normalized spacial score (nSPS) is 13.7. The summed E-state index contributed by atoms with van der Waals surface area (Å²) < 4.78 is 37.5. The molecule has 0 saturated heterocycles. The fourth-order valence-corrected chi connectivity index (χ4v) is 1.83. The maximum Gasteiger partial charge on any atom is 0.416 e. The molecule has 0 fully saturated rings. The lowest BCUT2D eigenvalue weighted by Gasteiger charge is -2.13. The van der Waals surface area contributed by atoms with Crippen molar-refractivity contribution in [3.8, 4) is 0 Å². The molecule has 0 amide bonds. The number of halogens is 3. The van der Waals surface area contributed by atoms with Crippen LogP contribution in [0.3, 0.4) is 0 Å². The number of alkyl halides is 3. The minimum atomic E-state index is -4.30. The number of rotatable bonds is 7. The molecule has 1 atom stereocenters. The number of nitrogens with zero attached hydrogens (tertiary/aromatic N) is 1. The Labute approximate surface area is 134 Å². The Morgan fingerprint density at radius 1 is 1.22 bits per heavy atom. The van der Waals surface area contributed by atoms with Crippen molar-refractivity contribution in [2.45, 2.75) is 26.4 Å². The van der Waals surface area contributed by atoms with Crippen LogP contribution in [0.2, 0.25) is 0 Å². The van der Waals surface area contributed by atoms with Gasteiger partial charge < -0.3 is 15.7 Å². The average Bonchev–Trinajstić information content (AvgIpc) is 2.51. The van der Waals surface area contributed by atoms with Crippen LogP contribution < -0.4 is 10.6 Å². The van der Waals surface area contributed by atoms with Crippen LogP contribution in [0.15, 0.2) is 29.3 Å². The van der Waals surface area contributed by atoms with Crippen LogP contribution in [0, 0.1) is 5.92 Å². The first kappa shape index (κ1) is 19.3. The van der Waals surface area contributed by atoms with E-state index in [2.05, 4.69) is 15.6 Å². The van der Waals surface area contributed by atoms with E-state index in [0.717, 1.165) is 17.7 Å². The van der Waals surface area contributed by atoms with Gasteiger partial charge in [0.15, 0.2) is 5.96 Å². The number of hydrogen-bond donors (Lipinski definition) is 3. The summed E-state index contributed by atoms with van der Waals surface area (Å²) in [6.45, 7) is 5.70. The van der Waals surface area contributed by atoms with E-state index in [9.17, 15) is 13.2 Å². The minimum Gasteiger partial charge on any atom is -0.396 e. The molecule has 0 aromatic heterocycles. The van der Waals surface area contributed by atoms with Crippen LogP contribution in [0.4, 0.5) is 13.2 Å². The van der Waals surface area contributed by atoms with Crippen molar-refractivity contribution >= 4 is 5.96 Å². The Kier molecular flexibility index (Phi) is 7.88. The molecule has 0 aliphatic rings. The maximum atomic E-state index is 12.5. The SMILES string of the molecule is CCNC(=NCC(C)CO)NCCc1ccc(C(F)(F)F)cc1. The van der Waals surface area contributed by atoms with E-state index in [1.54, 1.807) is 0 Å². The Hall–Kier alpha value is -1.76. The third-order valence-corrected chi connectivity index (χ3v) is 3.20. The topological polar surface area (TPSA) is 56.7 Å². The van der Waals surface area contributed by atoms with E-state index in [0.29, 0.717) is 32.0 Å². The number of benzene rings is 1. The van der Waals surface area contributed by atoms with Gasteiger partial charge in [0.1, 0.15) is 0 Å². The molecule has 0 bridgehead atoms. The van der Waals surface area contributed by atoms with Gasteiger partial charge in [-0.05, 0) is 37.0 Å². The van der Waals surface area contributed by atoms with Crippen molar-refractivity contribution in [2.75, 3.05) is 26.2 Å². The third-order valence-electron chi connectivity index (χ3n) is 3.20. The molecule has 1 unspecified atom stereocenters. The Morgan fingerprint density at radius 3 is 2.39 bits per heavy atom. The zero-order chi connectivity index (χ0) is 17.3. The van der Waals surface area contributed by atoms with Gasteiger partial charge >= 0.3 is 6.18 Å². The van der Waals surface area contributed by atoms with Crippen molar-refractivity contribution < 1.29 is 18.3 Å². The van der Waals surface area contributed by atoms with E-state index in [-0.39, 0.29) is 12.5 Å². The lowest BCUT2D eigenvalue weighted by Crippen LogP contribution is -2.38. The summed E-state index contributed by atoms with van der Waals surface area (Å²) >= 11 is 0. The summed E-state index contributed by atoms with van der Waals surface area (Å²) in [5, 5.41) is 15.2. The molecule has 0 spiro atoms. The first-order valence-electron chi connectivity index (χ1n) is 7.66. The average molecular weight is 331 g/mol. The van der Waals surface area contributed by atoms with Crippen LogP contribution in [-0.4, -0.2) is 37.3 Å². The molecular formula is C16H24F3N3O. The molecule has 130 valence electrons. The van der Waals surface area contributed by atoms with Gasteiger partial charge in [-0.3, -0.25) is 4.99 Å². The van der Waals surface area contributed by atoms with Gasteiger partial charge in [0.25, 0.3) is 0 Å². The van der Waals surface area contributed by atoms with Crippen LogP contribution in [0.5, 0.6) is 0 Å². The van der Waals surface area contributed by atoms with Crippen molar-refractivity contribution in [1.29, 1.82) is 0 Å². The first-order valence-corrected chi connectivity index (χ1v) is 7.66. The highest BCUT2D eigenvalue weighted by atomic mass is 19.4. The number of aliphatic hydroxyl groups excluding tert-OH is 1. The smallest absolute Gasteiger partial charge is 0.396 e. The summed E-state index contributed by atoms with van der Waals surface area (Å²) in [7, 11) is 0. The van der Waals surface area contributed by atoms with Gasteiger partial charge in [0, 0.05) is 26.2 Å². The molecule has 1 rings (SSSR count). The fraction of sp³-hybridized carbons (Fsp3) is 0.562. The highest BCUT2D eigenvalue weighted by Gasteiger charge is 2.29. The van der Waals surface area contributed by atoms with E-state index < -0.39 is 11.7 Å². The molecule has 0 saturated carbocycles. The lowest BCUT2D eigenvalue weighted by molar-refractivity contribution is -0.137. The molecule has 0 heterocycles. The highest BCUT2D eigenvalue weighted by Crippen LogP contribution is 2.29. The van der Waals surface area contributed by atoms with Crippen molar-refractivity contribution in [1.82, 2.24) is 10.6 Å². The highest BCUT2D eigenvalue weighted by molar-refractivity contribution is 5.79. The molecule has 23 heavy (non-hydrogen) atoms. The van der Waals surface area contributed by atoms with Gasteiger partial charge in [-0.1, -0.05) is 19.1 Å². The summed E-state index contributed by atoms with van der Waals surface area (Å²) in [6.07, 6.45) is -3.71. The predicted molar refractivity (Wildman–Crippen MR) is 85.4 cm³/mol. The summed E-state index contributed by atoms with van der Waals surface area (Å²) in [5.41, 5.74) is 0.187. The quantitative estimate of drug-likeness (QED) is 0.531. The Balaban J connectivity index is 2.49. The monoisotopic (exact) mass is 331 g/mol. The Bertz CT molecular complexity index is 486. The van der Waals surface area contributed by atoms with Crippen molar-refractivity contribution in [2.24, 2.45) is 10.9 Å². The molecule has 0 radical (unpaired) electrons. The first-order chi connectivity index (χ1) is 10.9. The number of aliphatic imine (C=N–C) groups is 1. The molecule has 4 nitrogen and oxygen atoms in total. The second kappa shape index (κ2) is 9.39. The summed E-state index contributed by atoms with van der Waals surface area (Å²) in [5.74, 6) is 0.722. The second-order valence-electron chi connectivity index (χ2n) is 5.38. The molecule has 7 heteroatoms. The molecule has 3 N–H and O–H groups in total. The number of nitrogens with one attached hydrogen (secondary N) is 2. The number of hydrogen-bond acceptors (Lipinski definition) is 2. The second-order valence-corrected chi connectivity index (χ2v) is 5.38. The molecule has 1 aromatic rings. The molecular weight excluding hydrogens is 307 g/mol. The summed E-state index contributed by atoms with van der Waals surface area (Å²) in [4.78, 5) is 4.35. The predicted octanol–water partition coefficient (Wildman–Crippen LogP) is 2.43. The van der Waals surface area contributed by atoms with Gasteiger partial charge in [-0.2, -0.15) is 13.2 Å². The van der Waals surface area contributed by atoms with Gasteiger partial charge in [-0.25, -0.2) is 0 Å². The van der Waals surface area contributed by atoms with Crippen LogP contribution in [0.1, 0.15) is 25.0 Å². The molecule has 1 aromatic carbocycles. The largest absolute Gasteiger partial charge is 0.416 e. The van der Waals surface area contributed by atoms with E-state index >= 15 is 0 Å². The van der Waals surface area contributed by atoms with Crippen molar-refractivity contribution in [3.63, 3.8) is 0 Å². The number of guanidine groups is 1. The molecule has 0 aliphatic heterocycles. The van der Waals surface area contributed by atoms with Crippen LogP contribution >= 0.6 is 0 Å². The van der Waals surface area contributed by atoms with Gasteiger partial charge in [-0.15, -0.1) is 0 Å². The van der Waals surface area contributed by atoms with E-state index in [4.69, 9.17) is 5.11 Å². The van der Waals surface area contributed by atoms with Gasteiger partial charge in [0.05, 0.1) is 5.56 Å². The number of aliphatic hydroxyl groups is 1. The van der Waals surface area contributed by atoms with Crippen LogP contribution in [-0.2, 0) is 12.6 Å². The third kappa shape index (κ3) is 7.36. The van der Waals surface area contributed by atoms with E-state index in [1.807, 2.05) is 13.8 Å². The van der Waals surface area contributed by atoms with Crippen LogP contribution in [0.25, 0.3) is 0 Å².